The van der Waals surface area contributed by atoms with E-state index in [2.05, 4.69) is 64.8 Å². The molecule has 1 aromatic carbocycles. The summed E-state index contributed by atoms with van der Waals surface area (Å²) in [7, 11) is 1.82. The molecule has 0 amide bonds. The van der Waals surface area contributed by atoms with Crippen LogP contribution in [0.25, 0.3) is 22.1 Å². The predicted molar refractivity (Wildman–Crippen MR) is 145 cm³/mol. The van der Waals surface area contributed by atoms with Gasteiger partial charge in [0.2, 0.25) is 0 Å². The van der Waals surface area contributed by atoms with Crippen molar-refractivity contribution in [2.24, 2.45) is 7.05 Å². The van der Waals surface area contributed by atoms with Crippen molar-refractivity contribution in [3.63, 3.8) is 0 Å². The summed E-state index contributed by atoms with van der Waals surface area (Å²) in [4.78, 5) is 27.0. The van der Waals surface area contributed by atoms with Crippen LogP contribution in [-0.2, 0) is 13.6 Å². The Morgan fingerprint density at radius 2 is 1.94 bits per heavy atom. The molecule has 188 valence electrons. The maximum Gasteiger partial charge on any atom is 0.252 e. The first-order valence-corrected chi connectivity index (χ1v) is 12.7. The largest absolute Gasteiger partial charge is 0.364 e. The molecular formula is C28H35N7O. The summed E-state index contributed by atoms with van der Waals surface area (Å²) in [5.41, 5.74) is 6.70. The van der Waals surface area contributed by atoms with Gasteiger partial charge in [-0.05, 0) is 52.3 Å². The molecule has 0 unspecified atom stereocenters. The van der Waals surface area contributed by atoms with Gasteiger partial charge in [-0.1, -0.05) is 18.2 Å². The Balaban J connectivity index is 1.44. The summed E-state index contributed by atoms with van der Waals surface area (Å²) in [6.45, 7) is 13.1. The molecule has 8 heteroatoms. The van der Waals surface area contributed by atoms with Gasteiger partial charge in [0.15, 0.2) is 0 Å². The van der Waals surface area contributed by atoms with E-state index >= 15 is 0 Å². The molecule has 1 fully saturated rings. The normalized spacial score (nSPS) is 20.1. The van der Waals surface area contributed by atoms with Crippen molar-refractivity contribution in [1.29, 1.82) is 0 Å². The lowest BCUT2D eigenvalue weighted by molar-refractivity contribution is 0.119. The summed E-state index contributed by atoms with van der Waals surface area (Å²) >= 11 is 0. The van der Waals surface area contributed by atoms with Crippen molar-refractivity contribution >= 4 is 27.8 Å². The van der Waals surface area contributed by atoms with Crippen LogP contribution in [0.1, 0.15) is 45.0 Å². The number of hydrogen-bond donors (Lipinski definition) is 0. The summed E-state index contributed by atoms with van der Waals surface area (Å²) in [6.07, 6.45) is 7.86. The molecule has 5 rings (SSSR count). The molecule has 3 aromatic heterocycles. The van der Waals surface area contributed by atoms with Gasteiger partial charge in [-0.2, -0.15) is 5.10 Å². The Morgan fingerprint density at radius 3 is 2.72 bits per heavy atom. The fraction of sp³-hybridized carbons (Fsp3) is 0.429. The first-order valence-electron chi connectivity index (χ1n) is 12.7. The smallest absolute Gasteiger partial charge is 0.252 e. The van der Waals surface area contributed by atoms with Gasteiger partial charge in [0.1, 0.15) is 5.52 Å². The van der Waals surface area contributed by atoms with Crippen LogP contribution >= 0.6 is 0 Å². The van der Waals surface area contributed by atoms with Gasteiger partial charge in [-0.25, -0.2) is 4.98 Å². The second kappa shape index (κ2) is 9.50. The molecule has 0 bridgehead atoms. The van der Waals surface area contributed by atoms with Crippen LogP contribution in [0.5, 0.6) is 0 Å². The monoisotopic (exact) mass is 485 g/mol. The highest BCUT2D eigenvalue weighted by Crippen LogP contribution is 2.33. The number of aromatic nitrogens is 5. The minimum atomic E-state index is -0.00805. The van der Waals surface area contributed by atoms with E-state index in [4.69, 9.17) is 5.10 Å². The average Bonchev–Trinajstić information content (AvgIpc) is 3.30. The van der Waals surface area contributed by atoms with Gasteiger partial charge in [0.05, 0.1) is 34.5 Å². The Hall–Kier alpha value is -3.52. The van der Waals surface area contributed by atoms with E-state index in [1.165, 1.54) is 5.56 Å². The SMILES string of the molecule is CC=CCn1cc2c(n1)c(N1C[C@@H](C)N([C@@H](C)c3ccc4ncc(C)nc4c3)C[C@@H]1C)cc(=O)n2C. The Morgan fingerprint density at radius 1 is 1.14 bits per heavy atom. The first-order chi connectivity index (χ1) is 17.3. The molecule has 4 heterocycles. The number of piperazine rings is 1. The molecule has 1 aliphatic heterocycles. The standard InChI is InChI=1S/C28H35N7O/c1-7-8-11-33-17-26-28(31-33)25(13-27(36)32(26)6)35-16-19(3)34(15-20(35)4)21(5)22-9-10-23-24(12-22)30-18(2)14-29-23/h7-10,12-14,17,19-21H,11,15-16H2,1-6H3/t19-,20+,21+/m1/s1. The number of nitrogens with zero attached hydrogens (tertiary/aromatic N) is 7. The fourth-order valence-corrected chi connectivity index (χ4v) is 5.37. The summed E-state index contributed by atoms with van der Waals surface area (Å²) in [5, 5.41) is 4.86. The van der Waals surface area contributed by atoms with Crippen molar-refractivity contribution in [3.8, 4) is 0 Å². The van der Waals surface area contributed by atoms with E-state index < -0.39 is 0 Å². The molecule has 0 aliphatic carbocycles. The van der Waals surface area contributed by atoms with Crippen molar-refractivity contribution in [2.45, 2.75) is 59.3 Å². The van der Waals surface area contributed by atoms with Crippen LogP contribution in [0.2, 0.25) is 0 Å². The van der Waals surface area contributed by atoms with E-state index in [0.29, 0.717) is 12.6 Å². The highest BCUT2D eigenvalue weighted by molar-refractivity contribution is 5.88. The lowest BCUT2D eigenvalue weighted by Crippen LogP contribution is -2.57. The molecule has 3 atom stereocenters. The van der Waals surface area contributed by atoms with Gasteiger partial charge in [-0.15, -0.1) is 0 Å². The van der Waals surface area contributed by atoms with Gasteiger partial charge >= 0.3 is 0 Å². The molecule has 0 saturated carbocycles. The minimum Gasteiger partial charge on any atom is -0.364 e. The molecule has 1 aliphatic rings. The van der Waals surface area contributed by atoms with Gasteiger partial charge in [0.25, 0.3) is 5.56 Å². The zero-order chi connectivity index (χ0) is 25.6. The maximum absolute atomic E-state index is 12.9. The molecular weight excluding hydrogens is 450 g/mol. The number of allylic oxidation sites excluding steroid dienone is 2. The van der Waals surface area contributed by atoms with Crippen LogP contribution in [-0.4, -0.2) is 54.4 Å². The maximum atomic E-state index is 12.9. The van der Waals surface area contributed by atoms with Crippen LogP contribution in [0, 0.1) is 6.92 Å². The Bertz CT molecular complexity index is 1500. The van der Waals surface area contributed by atoms with E-state index in [1.807, 2.05) is 44.0 Å². The highest BCUT2D eigenvalue weighted by atomic mass is 16.1. The summed E-state index contributed by atoms with van der Waals surface area (Å²) in [5.74, 6) is 0. The molecule has 0 N–H and O–H groups in total. The third-order valence-electron chi connectivity index (χ3n) is 7.48. The van der Waals surface area contributed by atoms with Gasteiger partial charge in [0, 0.05) is 56.7 Å². The molecule has 0 radical (unpaired) electrons. The third kappa shape index (κ3) is 4.30. The quantitative estimate of drug-likeness (QED) is 0.394. The van der Waals surface area contributed by atoms with E-state index in [9.17, 15) is 4.79 Å². The van der Waals surface area contributed by atoms with E-state index in [1.54, 1.807) is 10.6 Å². The molecule has 36 heavy (non-hydrogen) atoms. The molecule has 0 spiro atoms. The second-order valence-corrected chi connectivity index (χ2v) is 10.1. The fourth-order valence-electron chi connectivity index (χ4n) is 5.37. The number of anilines is 1. The summed E-state index contributed by atoms with van der Waals surface area (Å²) < 4.78 is 3.60. The second-order valence-electron chi connectivity index (χ2n) is 10.1. The molecule has 4 aromatic rings. The minimum absolute atomic E-state index is 0.00805. The van der Waals surface area contributed by atoms with Crippen LogP contribution < -0.4 is 10.5 Å². The number of benzene rings is 1. The number of rotatable bonds is 5. The first kappa shape index (κ1) is 24.2. The van der Waals surface area contributed by atoms with Gasteiger partial charge < -0.3 is 9.47 Å². The number of fused-ring (bicyclic) bond motifs is 2. The van der Waals surface area contributed by atoms with Crippen molar-refractivity contribution in [1.82, 2.24) is 29.2 Å². The molecule has 1 saturated heterocycles. The van der Waals surface area contributed by atoms with E-state index in [-0.39, 0.29) is 17.6 Å². The lowest BCUT2D eigenvalue weighted by Gasteiger charge is -2.47. The number of aryl methyl sites for hydroxylation is 2. The van der Waals surface area contributed by atoms with Gasteiger partial charge in [-0.3, -0.25) is 19.4 Å². The van der Waals surface area contributed by atoms with Crippen molar-refractivity contribution in [3.05, 3.63) is 70.4 Å². The zero-order valence-corrected chi connectivity index (χ0v) is 22.0. The predicted octanol–water partition coefficient (Wildman–Crippen LogP) is 4.22. The topological polar surface area (TPSA) is 72.1 Å². The number of pyridine rings is 1. The summed E-state index contributed by atoms with van der Waals surface area (Å²) in [6, 6.07) is 8.91. The average molecular weight is 486 g/mol. The van der Waals surface area contributed by atoms with E-state index in [0.717, 1.165) is 46.5 Å². The van der Waals surface area contributed by atoms with Crippen molar-refractivity contribution < 1.29 is 0 Å². The third-order valence-corrected chi connectivity index (χ3v) is 7.48. The highest BCUT2D eigenvalue weighted by Gasteiger charge is 2.34. The zero-order valence-electron chi connectivity index (χ0n) is 22.0. The number of hydrogen-bond acceptors (Lipinski definition) is 6. The van der Waals surface area contributed by atoms with Crippen molar-refractivity contribution in [2.75, 3.05) is 18.0 Å². The van der Waals surface area contributed by atoms with Crippen LogP contribution in [0.4, 0.5) is 5.69 Å². The Kier molecular flexibility index (Phi) is 6.38. The lowest BCUT2D eigenvalue weighted by atomic mass is 9.99. The van der Waals surface area contributed by atoms with Crippen LogP contribution in [0.15, 0.2) is 53.6 Å². The van der Waals surface area contributed by atoms with Crippen LogP contribution in [0.3, 0.4) is 0 Å². The molecule has 8 nitrogen and oxygen atoms in total. The Labute approximate surface area is 211 Å².